The summed E-state index contributed by atoms with van der Waals surface area (Å²) in [7, 11) is 0. The Morgan fingerprint density at radius 2 is 1.70 bits per heavy atom. The fourth-order valence-electron chi connectivity index (χ4n) is 4.58. The number of aromatic nitrogens is 2. The number of anilines is 2. The lowest BCUT2D eigenvalue weighted by Gasteiger charge is -2.15. The smallest absolute Gasteiger partial charge is 0.227 e. The summed E-state index contributed by atoms with van der Waals surface area (Å²) >= 11 is 0. The largest absolute Gasteiger partial charge is 0.492 e. The van der Waals surface area contributed by atoms with Gasteiger partial charge in [-0.2, -0.15) is 0 Å². The summed E-state index contributed by atoms with van der Waals surface area (Å²) in [6.07, 6.45) is 4.51. The fourth-order valence-corrected chi connectivity index (χ4v) is 4.58. The predicted octanol–water partition coefficient (Wildman–Crippen LogP) is 6.13. The van der Waals surface area contributed by atoms with Gasteiger partial charge in [0.05, 0.1) is 5.52 Å². The third-order valence-electron chi connectivity index (χ3n) is 6.33. The van der Waals surface area contributed by atoms with Gasteiger partial charge in [-0.25, -0.2) is 9.97 Å². The predicted molar refractivity (Wildman–Crippen MR) is 135 cm³/mol. The number of hydrogen-bond acceptors (Lipinski definition) is 5. The molecule has 0 unspecified atom stereocenters. The number of nitrogens with zero attached hydrogens (tertiary/aromatic N) is 3. The first-order valence-electron chi connectivity index (χ1n) is 11.7. The van der Waals surface area contributed by atoms with Crippen molar-refractivity contribution in [3.8, 4) is 16.9 Å². The number of benzene rings is 3. The Morgan fingerprint density at radius 1 is 0.939 bits per heavy atom. The molecule has 5 nitrogen and oxygen atoms in total. The number of aryl methyl sites for hydroxylation is 2. The quantitative estimate of drug-likeness (QED) is 0.376. The van der Waals surface area contributed by atoms with Gasteiger partial charge in [-0.05, 0) is 98.4 Å². The second-order valence-corrected chi connectivity index (χ2v) is 8.78. The zero-order chi connectivity index (χ0) is 22.6. The van der Waals surface area contributed by atoms with Gasteiger partial charge < -0.3 is 10.1 Å². The van der Waals surface area contributed by atoms with Crippen molar-refractivity contribution in [3.05, 3.63) is 78.0 Å². The van der Waals surface area contributed by atoms with Crippen LogP contribution in [0.5, 0.6) is 5.75 Å². The molecule has 5 heteroatoms. The number of likely N-dealkylation sites (tertiary alicyclic amines) is 1. The zero-order valence-electron chi connectivity index (χ0n) is 19.3. The van der Waals surface area contributed by atoms with E-state index in [9.17, 15) is 0 Å². The Bertz CT molecular complexity index is 1230. The average molecular weight is 439 g/mol. The maximum absolute atomic E-state index is 5.89. The fraction of sp³-hybridized carbons (Fsp3) is 0.286. The Balaban J connectivity index is 1.25. The van der Waals surface area contributed by atoms with Gasteiger partial charge in [0, 0.05) is 23.8 Å². The monoisotopic (exact) mass is 438 g/mol. The van der Waals surface area contributed by atoms with Gasteiger partial charge in [-0.3, -0.25) is 4.90 Å². The first kappa shape index (κ1) is 21.4. The van der Waals surface area contributed by atoms with Gasteiger partial charge in [0.25, 0.3) is 0 Å². The third-order valence-corrected chi connectivity index (χ3v) is 6.33. The minimum atomic E-state index is 0.588. The highest BCUT2D eigenvalue weighted by Crippen LogP contribution is 2.29. The van der Waals surface area contributed by atoms with Crippen LogP contribution >= 0.6 is 0 Å². The van der Waals surface area contributed by atoms with E-state index >= 15 is 0 Å². The van der Waals surface area contributed by atoms with Crippen molar-refractivity contribution in [2.45, 2.75) is 26.7 Å². The molecule has 0 amide bonds. The van der Waals surface area contributed by atoms with Gasteiger partial charge in [0.15, 0.2) is 0 Å². The summed E-state index contributed by atoms with van der Waals surface area (Å²) in [5.74, 6) is 1.48. The van der Waals surface area contributed by atoms with Gasteiger partial charge in [-0.15, -0.1) is 0 Å². The third kappa shape index (κ3) is 4.99. The highest BCUT2D eigenvalue weighted by molar-refractivity contribution is 5.86. The Hall–Kier alpha value is -3.44. The lowest BCUT2D eigenvalue weighted by Crippen LogP contribution is -2.25. The SMILES string of the molecule is Cc1cccc(C)c1-c1ccc2nc(Nc3ccc(OCCN4CCCC4)cc3)ncc2c1. The van der Waals surface area contributed by atoms with E-state index in [1.54, 1.807) is 0 Å². The van der Waals surface area contributed by atoms with Gasteiger partial charge >= 0.3 is 0 Å². The number of hydrogen-bond donors (Lipinski definition) is 1. The van der Waals surface area contributed by atoms with Crippen LogP contribution in [0.1, 0.15) is 24.0 Å². The van der Waals surface area contributed by atoms with Gasteiger partial charge in [0.2, 0.25) is 5.95 Å². The van der Waals surface area contributed by atoms with Crippen molar-refractivity contribution in [1.29, 1.82) is 0 Å². The van der Waals surface area contributed by atoms with Crippen molar-refractivity contribution >= 4 is 22.5 Å². The van der Waals surface area contributed by atoms with Crippen LogP contribution < -0.4 is 10.1 Å². The van der Waals surface area contributed by atoms with E-state index in [0.717, 1.165) is 35.5 Å². The zero-order valence-corrected chi connectivity index (χ0v) is 19.3. The number of nitrogens with one attached hydrogen (secondary N) is 1. The van der Waals surface area contributed by atoms with E-state index in [1.807, 2.05) is 30.5 Å². The maximum atomic E-state index is 5.89. The highest BCUT2D eigenvalue weighted by Gasteiger charge is 2.11. The molecule has 0 saturated carbocycles. The summed E-state index contributed by atoms with van der Waals surface area (Å²) < 4.78 is 5.89. The Kier molecular flexibility index (Phi) is 6.22. The lowest BCUT2D eigenvalue weighted by atomic mass is 9.95. The normalized spacial score (nSPS) is 14.0. The topological polar surface area (TPSA) is 50.3 Å². The molecule has 4 aromatic rings. The first-order chi connectivity index (χ1) is 16.2. The molecule has 0 spiro atoms. The molecule has 5 rings (SSSR count). The molecule has 0 bridgehead atoms. The van der Waals surface area contributed by atoms with E-state index in [4.69, 9.17) is 9.72 Å². The van der Waals surface area contributed by atoms with Crippen LogP contribution in [0.15, 0.2) is 66.9 Å². The van der Waals surface area contributed by atoms with Crippen molar-refractivity contribution in [2.75, 3.05) is 31.6 Å². The van der Waals surface area contributed by atoms with Crippen LogP contribution in [0.25, 0.3) is 22.0 Å². The van der Waals surface area contributed by atoms with Gasteiger partial charge in [-0.1, -0.05) is 24.3 Å². The van der Waals surface area contributed by atoms with E-state index in [-0.39, 0.29) is 0 Å². The molecule has 168 valence electrons. The molecular formula is C28H30N4O. The number of ether oxygens (including phenoxy) is 1. The van der Waals surface area contributed by atoms with E-state index < -0.39 is 0 Å². The molecule has 1 saturated heterocycles. The van der Waals surface area contributed by atoms with Crippen LogP contribution in [0.2, 0.25) is 0 Å². The van der Waals surface area contributed by atoms with Crippen molar-refractivity contribution < 1.29 is 4.74 Å². The lowest BCUT2D eigenvalue weighted by molar-refractivity contribution is 0.238. The summed E-state index contributed by atoms with van der Waals surface area (Å²) in [5.41, 5.74) is 6.89. The Labute approximate surface area is 195 Å². The molecule has 33 heavy (non-hydrogen) atoms. The van der Waals surface area contributed by atoms with Crippen molar-refractivity contribution in [2.24, 2.45) is 0 Å². The molecule has 0 radical (unpaired) electrons. The minimum Gasteiger partial charge on any atom is -0.492 e. The molecule has 1 aliphatic rings. The van der Waals surface area contributed by atoms with Crippen LogP contribution in [-0.2, 0) is 0 Å². The minimum absolute atomic E-state index is 0.588. The first-order valence-corrected chi connectivity index (χ1v) is 11.7. The van der Waals surface area contributed by atoms with Crippen LogP contribution in [-0.4, -0.2) is 41.1 Å². The van der Waals surface area contributed by atoms with E-state index in [0.29, 0.717) is 5.95 Å². The summed E-state index contributed by atoms with van der Waals surface area (Å²) in [6.45, 7) is 8.43. The van der Waals surface area contributed by atoms with Crippen LogP contribution in [0, 0.1) is 13.8 Å². The maximum Gasteiger partial charge on any atom is 0.227 e. The number of fused-ring (bicyclic) bond motifs is 1. The van der Waals surface area contributed by atoms with Crippen molar-refractivity contribution in [1.82, 2.24) is 14.9 Å². The summed E-state index contributed by atoms with van der Waals surface area (Å²) in [4.78, 5) is 11.7. The number of rotatable bonds is 7. The summed E-state index contributed by atoms with van der Waals surface area (Å²) in [6, 6.07) is 20.8. The van der Waals surface area contributed by atoms with E-state index in [2.05, 4.69) is 65.4 Å². The molecule has 1 aromatic heterocycles. The van der Waals surface area contributed by atoms with Gasteiger partial charge in [0.1, 0.15) is 12.4 Å². The average Bonchev–Trinajstić information content (AvgIpc) is 3.34. The molecule has 1 N–H and O–H groups in total. The van der Waals surface area contributed by atoms with Crippen LogP contribution in [0.3, 0.4) is 0 Å². The van der Waals surface area contributed by atoms with Crippen molar-refractivity contribution in [3.63, 3.8) is 0 Å². The molecule has 2 heterocycles. The van der Waals surface area contributed by atoms with E-state index in [1.165, 1.54) is 48.2 Å². The molecule has 0 aliphatic carbocycles. The summed E-state index contributed by atoms with van der Waals surface area (Å²) in [5, 5.41) is 4.33. The molecule has 1 aliphatic heterocycles. The highest BCUT2D eigenvalue weighted by atomic mass is 16.5. The molecule has 3 aromatic carbocycles. The second-order valence-electron chi connectivity index (χ2n) is 8.78. The standard InChI is InChI=1S/C28H30N4O/c1-20-6-5-7-21(2)27(20)22-8-13-26-23(18-22)19-29-28(31-26)30-24-9-11-25(12-10-24)33-17-16-32-14-3-4-15-32/h5-13,18-19H,3-4,14-17H2,1-2H3,(H,29,30,31). The molecule has 1 fully saturated rings. The molecule has 0 atom stereocenters. The van der Waals surface area contributed by atoms with Crippen LogP contribution in [0.4, 0.5) is 11.6 Å². The second kappa shape index (κ2) is 9.59. The molecular weight excluding hydrogens is 408 g/mol. The Morgan fingerprint density at radius 3 is 2.45 bits per heavy atom.